The number of fused-ring (bicyclic) bond motifs is 3. The van der Waals surface area contributed by atoms with E-state index in [-0.39, 0.29) is 11.9 Å². The predicted octanol–water partition coefficient (Wildman–Crippen LogP) is 1.89. The molecule has 3 aliphatic rings. The van der Waals surface area contributed by atoms with E-state index in [0.717, 1.165) is 30.2 Å². The van der Waals surface area contributed by atoms with Crippen LogP contribution in [0.2, 0.25) is 0 Å². The molecule has 3 aliphatic heterocycles. The third kappa shape index (κ3) is 2.91. The Morgan fingerprint density at radius 3 is 2.82 bits per heavy atom. The van der Waals surface area contributed by atoms with E-state index in [1.165, 1.54) is 0 Å². The first-order chi connectivity index (χ1) is 13.7. The lowest BCUT2D eigenvalue weighted by Gasteiger charge is -2.39. The number of anilines is 2. The van der Waals surface area contributed by atoms with E-state index in [0.29, 0.717) is 30.0 Å². The summed E-state index contributed by atoms with van der Waals surface area (Å²) in [6.45, 7) is 3.94. The molecule has 0 bridgehead atoms. The molecule has 0 aromatic heterocycles. The average Bonchev–Trinajstić information content (AvgIpc) is 2.68. The van der Waals surface area contributed by atoms with Crippen molar-refractivity contribution < 1.29 is 14.3 Å². The number of carbonyl (C=O) groups excluding carboxylic acids is 1. The smallest absolute Gasteiger partial charge is 0.262 e. The Morgan fingerprint density at radius 1 is 1.25 bits per heavy atom. The molecular formula is C20H21N5O3. The molecule has 1 fully saturated rings. The molecule has 3 N–H and O–H groups in total. The van der Waals surface area contributed by atoms with Crippen molar-refractivity contribution in [1.82, 2.24) is 10.7 Å². The Labute approximate surface area is 162 Å². The number of nitrogens with one attached hydrogen (secondary N) is 3. The Balaban J connectivity index is 1.56. The van der Waals surface area contributed by atoms with Crippen molar-refractivity contribution in [3.05, 3.63) is 42.5 Å². The largest absolute Gasteiger partial charge is 0.483 e. The standard InChI is InChI=1S/C20H21N5O3/c1-12-20(26)24-23-19-11-27-18-8-17(28-14-5-3-2-4-6-14)15(7-16(18)25(12)19)22-13-9-21-10-13/h2-8,12-13,21-22H,9-11H2,1H3,(H,24,26). The van der Waals surface area contributed by atoms with Crippen LogP contribution in [0.25, 0.3) is 0 Å². The Hall–Kier alpha value is -3.26. The van der Waals surface area contributed by atoms with Gasteiger partial charge in [-0.3, -0.25) is 4.79 Å². The molecule has 0 radical (unpaired) electrons. The van der Waals surface area contributed by atoms with Crippen LogP contribution in [-0.2, 0) is 4.79 Å². The summed E-state index contributed by atoms with van der Waals surface area (Å²) in [5.41, 5.74) is 4.22. The number of ether oxygens (including phenoxy) is 2. The van der Waals surface area contributed by atoms with Crippen molar-refractivity contribution in [3.8, 4) is 17.2 Å². The van der Waals surface area contributed by atoms with Gasteiger partial charge in [-0.25, -0.2) is 5.43 Å². The first-order valence-electron chi connectivity index (χ1n) is 9.36. The molecule has 0 aliphatic carbocycles. The van der Waals surface area contributed by atoms with Crippen LogP contribution in [0.4, 0.5) is 11.4 Å². The van der Waals surface area contributed by atoms with Crippen molar-refractivity contribution in [3.63, 3.8) is 0 Å². The number of rotatable bonds is 4. The van der Waals surface area contributed by atoms with E-state index >= 15 is 0 Å². The lowest BCUT2D eigenvalue weighted by atomic mass is 10.1. The minimum Gasteiger partial charge on any atom is -0.483 e. The van der Waals surface area contributed by atoms with Gasteiger partial charge in [0.1, 0.15) is 24.1 Å². The van der Waals surface area contributed by atoms with Gasteiger partial charge in [0.05, 0.1) is 17.4 Å². The SMILES string of the molecule is CC1C(=O)NN=C2COc3cc(Oc4ccccc4)c(NC4CNC4)cc3N21. The van der Waals surface area contributed by atoms with Crippen LogP contribution in [0.15, 0.2) is 47.6 Å². The van der Waals surface area contributed by atoms with Gasteiger partial charge in [-0.1, -0.05) is 18.2 Å². The van der Waals surface area contributed by atoms with Crippen molar-refractivity contribution in [2.24, 2.45) is 5.10 Å². The fraction of sp³-hybridized carbons (Fsp3) is 0.300. The Morgan fingerprint density at radius 2 is 2.07 bits per heavy atom. The van der Waals surface area contributed by atoms with Crippen LogP contribution in [0.1, 0.15) is 6.92 Å². The number of benzene rings is 2. The molecule has 2 aromatic carbocycles. The van der Waals surface area contributed by atoms with Crippen LogP contribution in [-0.4, -0.2) is 43.5 Å². The number of carbonyl (C=O) groups is 1. The van der Waals surface area contributed by atoms with Gasteiger partial charge in [0.2, 0.25) is 0 Å². The highest BCUT2D eigenvalue weighted by Gasteiger charge is 2.36. The third-order valence-corrected chi connectivity index (χ3v) is 5.13. The summed E-state index contributed by atoms with van der Waals surface area (Å²) in [4.78, 5) is 14.1. The molecule has 1 atom stereocenters. The number of hydrazone groups is 1. The summed E-state index contributed by atoms with van der Waals surface area (Å²) in [6.07, 6.45) is 0. The molecule has 8 nitrogen and oxygen atoms in total. The predicted molar refractivity (Wildman–Crippen MR) is 106 cm³/mol. The van der Waals surface area contributed by atoms with Crippen LogP contribution < -0.4 is 30.4 Å². The summed E-state index contributed by atoms with van der Waals surface area (Å²) < 4.78 is 12.0. The molecule has 3 heterocycles. The zero-order chi connectivity index (χ0) is 19.1. The Kier molecular flexibility index (Phi) is 4.05. The van der Waals surface area contributed by atoms with E-state index in [1.807, 2.05) is 54.3 Å². The third-order valence-electron chi connectivity index (χ3n) is 5.13. The molecule has 5 rings (SSSR count). The minimum absolute atomic E-state index is 0.140. The quantitative estimate of drug-likeness (QED) is 0.752. The molecule has 2 aromatic rings. The molecule has 0 spiro atoms. The van der Waals surface area contributed by atoms with Gasteiger partial charge in [0, 0.05) is 19.2 Å². The first-order valence-corrected chi connectivity index (χ1v) is 9.36. The number of nitrogens with zero attached hydrogens (tertiary/aromatic N) is 2. The van der Waals surface area contributed by atoms with E-state index in [2.05, 4.69) is 21.2 Å². The molecule has 1 unspecified atom stereocenters. The fourth-order valence-corrected chi connectivity index (χ4v) is 3.48. The van der Waals surface area contributed by atoms with Crippen molar-refractivity contribution in [2.45, 2.75) is 19.0 Å². The van der Waals surface area contributed by atoms with Crippen LogP contribution >= 0.6 is 0 Å². The van der Waals surface area contributed by atoms with Gasteiger partial charge in [-0.15, -0.1) is 0 Å². The van der Waals surface area contributed by atoms with E-state index in [1.54, 1.807) is 0 Å². The molecule has 8 heteroatoms. The number of para-hydroxylation sites is 1. The van der Waals surface area contributed by atoms with Gasteiger partial charge in [-0.05, 0) is 25.1 Å². The highest BCUT2D eigenvalue weighted by Crippen LogP contribution is 2.43. The lowest BCUT2D eigenvalue weighted by Crippen LogP contribution is -2.55. The minimum atomic E-state index is -0.366. The zero-order valence-electron chi connectivity index (χ0n) is 15.4. The maximum Gasteiger partial charge on any atom is 0.262 e. The second kappa shape index (κ2) is 6.72. The molecular weight excluding hydrogens is 358 g/mol. The first kappa shape index (κ1) is 16.9. The molecule has 144 valence electrons. The average molecular weight is 379 g/mol. The summed E-state index contributed by atoms with van der Waals surface area (Å²) in [5.74, 6) is 2.66. The molecule has 1 saturated heterocycles. The molecule has 28 heavy (non-hydrogen) atoms. The zero-order valence-corrected chi connectivity index (χ0v) is 15.4. The maximum atomic E-state index is 12.1. The van der Waals surface area contributed by atoms with Crippen LogP contribution in [0.5, 0.6) is 17.2 Å². The number of hydrogen-bond donors (Lipinski definition) is 3. The van der Waals surface area contributed by atoms with E-state index in [9.17, 15) is 4.79 Å². The topological polar surface area (TPSA) is 87.2 Å². The van der Waals surface area contributed by atoms with Gasteiger partial charge >= 0.3 is 0 Å². The lowest BCUT2D eigenvalue weighted by molar-refractivity contribution is -0.122. The monoisotopic (exact) mass is 379 g/mol. The number of amidine groups is 1. The molecule has 0 saturated carbocycles. The van der Waals surface area contributed by atoms with Crippen LogP contribution in [0.3, 0.4) is 0 Å². The maximum absolute atomic E-state index is 12.1. The summed E-state index contributed by atoms with van der Waals surface area (Å²) in [7, 11) is 0. The van der Waals surface area contributed by atoms with Crippen LogP contribution in [0, 0.1) is 0 Å². The second-order valence-corrected chi connectivity index (χ2v) is 7.07. The van der Waals surface area contributed by atoms with Crippen molar-refractivity contribution >= 4 is 23.1 Å². The molecule has 1 amide bonds. The number of hydrogen-bond acceptors (Lipinski definition) is 7. The van der Waals surface area contributed by atoms with Gasteiger partial charge < -0.3 is 25.0 Å². The van der Waals surface area contributed by atoms with Gasteiger partial charge in [0.15, 0.2) is 11.6 Å². The summed E-state index contributed by atoms with van der Waals surface area (Å²) in [5, 5.41) is 10.9. The Bertz CT molecular complexity index is 942. The van der Waals surface area contributed by atoms with E-state index < -0.39 is 0 Å². The normalized spacial score (nSPS) is 20.8. The van der Waals surface area contributed by atoms with E-state index in [4.69, 9.17) is 9.47 Å². The van der Waals surface area contributed by atoms with Crippen molar-refractivity contribution in [2.75, 3.05) is 29.9 Å². The highest BCUT2D eigenvalue weighted by molar-refractivity contribution is 6.09. The second-order valence-electron chi connectivity index (χ2n) is 7.07. The van der Waals surface area contributed by atoms with Gasteiger partial charge in [-0.2, -0.15) is 5.10 Å². The number of amides is 1. The summed E-state index contributed by atoms with van der Waals surface area (Å²) >= 11 is 0. The highest BCUT2D eigenvalue weighted by atomic mass is 16.5. The van der Waals surface area contributed by atoms with Crippen molar-refractivity contribution in [1.29, 1.82) is 0 Å². The fourth-order valence-electron chi connectivity index (χ4n) is 3.48. The summed E-state index contributed by atoms with van der Waals surface area (Å²) in [6, 6.07) is 13.5. The van der Waals surface area contributed by atoms with Gasteiger partial charge in [0.25, 0.3) is 5.91 Å².